The number of amides is 1. The number of rotatable bonds is 5. The summed E-state index contributed by atoms with van der Waals surface area (Å²) in [6.45, 7) is 0. The average molecular weight is 227 g/mol. The normalized spacial score (nSPS) is 11.7. The Labute approximate surface area is 90.8 Å². The van der Waals surface area contributed by atoms with E-state index in [0.717, 1.165) is 6.07 Å². The molecule has 0 saturated heterocycles. The molecule has 1 amide bonds. The van der Waals surface area contributed by atoms with E-state index >= 15 is 0 Å². The summed E-state index contributed by atoms with van der Waals surface area (Å²) in [5.74, 6) is -1.52. The maximum atomic E-state index is 13.2. The van der Waals surface area contributed by atoms with Gasteiger partial charge in [0.1, 0.15) is 0 Å². The maximum Gasteiger partial charge on any atom is 0.211 e. The van der Waals surface area contributed by atoms with Crippen molar-refractivity contribution in [2.45, 2.75) is 6.23 Å². The van der Waals surface area contributed by atoms with Gasteiger partial charge in [-0.3, -0.25) is 9.59 Å². The molecule has 0 bridgehead atoms. The second-order valence-corrected chi connectivity index (χ2v) is 2.90. The van der Waals surface area contributed by atoms with Crippen molar-refractivity contribution in [2.75, 3.05) is 7.11 Å². The zero-order chi connectivity index (χ0) is 12.1. The molecule has 16 heavy (non-hydrogen) atoms. The molecule has 6 heteroatoms. The number of carbonyl (C=O) groups excluding carboxylic acids is 2. The minimum Gasteiger partial charge on any atom is -0.494 e. The standard InChI is InChI=1S/C10H10FNO4/c1-16-8-3-2-6(4-7(8)11)9(14)10(15)12-5-13/h2-5,10,15H,1H3,(H,12,13). The highest BCUT2D eigenvalue weighted by Crippen LogP contribution is 2.18. The fourth-order valence-corrected chi connectivity index (χ4v) is 1.12. The highest BCUT2D eigenvalue weighted by molar-refractivity contribution is 5.99. The minimum atomic E-state index is -1.68. The number of nitrogens with one attached hydrogen (secondary N) is 1. The van der Waals surface area contributed by atoms with Crippen LogP contribution >= 0.6 is 0 Å². The Kier molecular flexibility index (Phi) is 3.96. The average Bonchev–Trinajstić information content (AvgIpc) is 2.28. The van der Waals surface area contributed by atoms with E-state index in [1.807, 2.05) is 5.32 Å². The molecule has 0 spiro atoms. The van der Waals surface area contributed by atoms with Gasteiger partial charge in [0.15, 0.2) is 17.8 Å². The second kappa shape index (κ2) is 5.22. The smallest absolute Gasteiger partial charge is 0.211 e. The summed E-state index contributed by atoms with van der Waals surface area (Å²) in [6.07, 6.45) is -1.49. The summed E-state index contributed by atoms with van der Waals surface area (Å²) in [5, 5.41) is 11.0. The van der Waals surface area contributed by atoms with Gasteiger partial charge in [0.2, 0.25) is 12.2 Å². The van der Waals surface area contributed by atoms with Crippen LogP contribution in [0.2, 0.25) is 0 Å². The van der Waals surface area contributed by atoms with Gasteiger partial charge in [0.05, 0.1) is 7.11 Å². The lowest BCUT2D eigenvalue weighted by Crippen LogP contribution is -2.35. The first kappa shape index (κ1) is 12.1. The van der Waals surface area contributed by atoms with Crippen molar-refractivity contribution in [3.63, 3.8) is 0 Å². The topological polar surface area (TPSA) is 75.6 Å². The number of benzene rings is 1. The van der Waals surface area contributed by atoms with Crippen LogP contribution in [0.1, 0.15) is 10.4 Å². The molecule has 5 nitrogen and oxygen atoms in total. The van der Waals surface area contributed by atoms with Gasteiger partial charge in [-0.05, 0) is 18.2 Å². The van der Waals surface area contributed by atoms with E-state index in [0.29, 0.717) is 0 Å². The fourth-order valence-electron chi connectivity index (χ4n) is 1.12. The number of methoxy groups -OCH3 is 1. The molecule has 0 aliphatic heterocycles. The second-order valence-electron chi connectivity index (χ2n) is 2.90. The first-order valence-corrected chi connectivity index (χ1v) is 4.35. The lowest BCUT2D eigenvalue weighted by Gasteiger charge is -2.08. The molecule has 0 fully saturated rings. The van der Waals surface area contributed by atoms with E-state index in [-0.39, 0.29) is 17.7 Å². The number of halogens is 1. The Morgan fingerprint density at radius 3 is 2.81 bits per heavy atom. The quantitative estimate of drug-likeness (QED) is 0.424. The van der Waals surface area contributed by atoms with Crippen molar-refractivity contribution in [3.8, 4) is 5.75 Å². The van der Waals surface area contributed by atoms with Crippen molar-refractivity contribution in [1.82, 2.24) is 5.32 Å². The molecule has 86 valence electrons. The van der Waals surface area contributed by atoms with Crippen molar-refractivity contribution >= 4 is 12.2 Å². The summed E-state index contributed by atoms with van der Waals surface area (Å²) in [5.41, 5.74) is -0.0554. The Hall–Kier alpha value is -1.95. The van der Waals surface area contributed by atoms with Crippen LogP contribution in [0.15, 0.2) is 18.2 Å². The molecule has 0 aliphatic rings. The number of aliphatic hydroxyl groups excluding tert-OH is 1. The number of hydrogen-bond acceptors (Lipinski definition) is 4. The first-order valence-electron chi connectivity index (χ1n) is 4.35. The minimum absolute atomic E-state index is 0.00520. The molecule has 0 radical (unpaired) electrons. The van der Waals surface area contributed by atoms with Crippen LogP contribution in [0.25, 0.3) is 0 Å². The highest BCUT2D eigenvalue weighted by Gasteiger charge is 2.17. The van der Waals surface area contributed by atoms with Crippen LogP contribution in [0.3, 0.4) is 0 Å². The van der Waals surface area contributed by atoms with Crippen molar-refractivity contribution in [3.05, 3.63) is 29.6 Å². The summed E-state index contributed by atoms with van der Waals surface area (Å²) in [4.78, 5) is 21.4. The molecule has 2 N–H and O–H groups in total. The summed E-state index contributed by atoms with van der Waals surface area (Å²) < 4.78 is 17.9. The molecule has 0 aromatic heterocycles. The van der Waals surface area contributed by atoms with Crippen LogP contribution in [0, 0.1) is 5.82 Å². The number of ether oxygens (including phenoxy) is 1. The SMILES string of the molecule is COc1ccc(C(=O)C(O)NC=O)cc1F. The largest absolute Gasteiger partial charge is 0.494 e. The van der Waals surface area contributed by atoms with Gasteiger partial charge in [-0.25, -0.2) is 4.39 Å². The summed E-state index contributed by atoms with van der Waals surface area (Å²) >= 11 is 0. The van der Waals surface area contributed by atoms with E-state index in [2.05, 4.69) is 4.74 Å². The Bertz CT molecular complexity index is 408. The van der Waals surface area contributed by atoms with Crippen LogP contribution in [-0.2, 0) is 4.79 Å². The highest BCUT2D eigenvalue weighted by atomic mass is 19.1. The summed E-state index contributed by atoms with van der Waals surface area (Å²) in [7, 11) is 1.29. The molecule has 0 heterocycles. The Morgan fingerprint density at radius 2 is 2.31 bits per heavy atom. The van der Waals surface area contributed by atoms with Crippen molar-refractivity contribution < 1.29 is 23.8 Å². The van der Waals surface area contributed by atoms with E-state index in [4.69, 9.17) is 5.11 Å². The molecule has 0 aliphatic carbocycles. The van der Waals surface area contributed by atoms with Crippen molar-refractivity contribution in [1.29, 1.82) is 0 Å². The van der Waals surface area contributed by atoms with Crippen LogP contribution in [0.5, 0.6) is 5.75 Å². The van der Waals surface area contributed by atoms with Gasteiger partial charge in [-0.15, -0.1) is 0 Å². The molecule has 1 unspecified atom stereocenters. The van der Waals surface area contributed by atoms with Crippen LogP contribution in [-0.4, -0.2) is 30.6 Å². The third kappa shape index (κ3) is 2.54. The van der Waals surface area contributed by atoms with E-state index < -0.39 is 17.8 Å². The molecule has 0 saturated carbocycles. The third-order valence-corrected chi connectivity index (χ3v) is 1.91. The van der Waals surface area contributed by atoms with Gasteiger partial charge in [-0.2, -0.15) is 0 Å². The lowest BCUT2D eigenvalue weighted by atomic mass is 10.1. The number of ketones is 1. The zero-order valence-electron chi connectivity index (χ0n) is 8.44. The van der Waals surface area contributed by atoms with Crippen LogP contribution < -0.4 is 10.1 Å². The monoisotopic (exact) mass is 227 g/mol. The van der Waals surface area contributed by atoms with Gasteiger partial charge < -0.3 is 15.2 Å². The number of Topliss-reactive ketones (excluding diaryl/α,β-unsaturated/α-hetero) is 1. The Morgan fingerprint density at radius 1 is 1.62 bits per heavy atom. The fraction of sp³-hybridized carbons (Fsp3) is 0.200. The van der Waals surface area contributed by atoms with E-state index in [1.165, 1.54) is 19.2 Å². The van der Waals surface area contributed by atoms with E-state index in [9.17, 15) is 14.0 Å². The molecular weight excluding hydrogens is 217 g/mol. The molecule has 1 aromatic rings. The lowest BCUT2D eigenvalue weighted by molar-refractivity contribution is -0.111. The van der Waals surface area contributed by atoms with Crippen LogP contribution in [0.4, 0.5) is 4.39 Å². The van der Waals surface area contributed by atoms with Gasteiger partial charge >= 0.3 is 0 Å². The molecular formula is C10H10FNO4. The Balaban J connectivity index is 2.92. The number of hydrogen-bond donors (Lipinski definition) is 2. The maximum absolute atomic E-state index is 13.2. The third-order valence-electron chi connectivity index (χ3n) is 1.91. The summed E-state index contributed by atoms with van der Waals surface area (Å²) in [6, 6.07) is 3.48. The van der Waals surface area contributed by atoms with Gasteiger partial charge in [0.25, 0.3) is 0 Å². The zero-order valence-corrected chi connectivity index (χ0v) is 8.44. The molecule has 1 atom stereocenters. The van der Waals surface area contributed by atoms with Crippen molar-refractivity contribution in [2.24, 2.45) is 0 Å². The first-order chi connectivity index (χ1) is 7.60. The van der Waals surface area contributed by atoms with E-state index in [1.54, 1.807) is 0 Å². The van der Waals surface area contributed by atoms with Gasteiger partial charge in [-0.1, -0.05) is 0 Å². The predicted octanol–water partition coefficient (Wildman–Crippen LogP) is 0.0814. The molecule has 1 rings (SSSR count). The number of aliphatic hydroxyl groups is 1. The predicted molar refractivity (Wildman–Crippen MR) is 52.5 cm³/mol. The van der Waals surface area contributed by atoms with Gasteiger partial charge in [0, 0.05) is 5.56 Å². The number of carbonyl (C=O) groups is 2. The molecule has 1 aromatic carbocycles.